The van der Waals surface area contributed by atoms with Crippen molar-refractivity contribution < 1.29 is 0 Å². The molecule has 0 heterocycles. The Kier molecular flexibility index (Phi) is 2.82. The molecule has 0 atom stereocenters. The highest BCUT2D eigenvalue weighted by Gasteiger charge is 1.75. The van der Waals surface area contributed by atoms with E-state index in [-0.39, 0.29) is 4.63 Å². The van der Waals surface area contributed by atoms with Crippen molar-refractivity contribution in [2.24, 2.45) is 4.99 Å². The average Bonchev–Trinajstić information content (AvgIpc) is 1.35. The van der Waals surface area contributed by atoms with E-state index in [0.29, 0.717) is 0 Å². The summed E-state index contributed by atoms with van der Waals surface area (Å²) >= 11 is 9.74. The van der Waals surface area contributed by atoms with Gasteiger partial charge in [-0.1, -0.05) is 0 Å². The smallest absolute Gasteiger partial charge is 0.170 e. The van der Waals surface area contributed by atoms with Crippen molar-refractivity contribution in [1.29, 1.82) is 5.26 Å². The van der Waals surface area contributed by atoms with E-state index < -0.39 is 0 Å². The van der Waals surface area contributed by atoms with Gasteiger partial charge in [-0.2, -0.15) is 5.26 Å². The van der Waals surface area contributed by atoms with Crippen LogP contribution in [0.15, 0.2) is 4.99 Å². The highest BCUT2D eigenvalue weighted by atomic mass is 35.5. The summed E-state index contributed by atoms with van der Waals surface area (Å²) in [4.78, 5) is 2.88. The quantitative estimate of drug-likeness (QED) is 0.353. The van der Waals surface area contributed by atoms with Crippen LogP contribution in [0, 0.1) is 11.5 Å². The molecule has 0 aliphatic rings. The van der Waals surface area contributed by atoms with Gasteiger partial charge in [-0.3, -0.25) is 0 Å². The van der Waals surface area contributed by atoms with Gasteiger partial charge in [0.2, 0.25) is 10.8 Å². The van der Waals surface area contributed by atoms with E-state index in [0.717, 1.165) is 0 Å². The molecule has 2 nitrogen and oxygen atoms in total. The Morgan fingerprint density at radius 2 is 2.17 bits per heavy atom. The molecule has 6 heavy (non-hydrogen) atoms. The first kappa shape index (κ1) is 5.74. The second-order valence-corrected chi connectivity index (χ2v) is 1.36. The summed E-state index contributed by atoms with van der Waals surface area (Å²) in [7, 11) is 0. The van der Waals surface area contributed by atoms with E-state index in [1.54, 1.807) is 0 Å². The van der Waals surface area contributed by atoms with Crippen molar-refractivity contribution in [3.05, 3.63) is 0 Å². The number of nitriles is 1. The fourth-order valence-corrected chi connectivity index (χ4v) is 0.113. The molecule has 0 spiro atoms. The molecule has 0 aromatic rings. The molecule has 0 aromatic heterocycles. The number of aliphatic imine (C=N–C) groups is 1. The molecule has 0 radical (unpaired) electrons. The molecule has 0 aliphatic heterocycles. The lowest BCUT2D eigenvalue weighted by atomic mass is 11.3. The highest BCUT2D eigenvalue weighted by Crippen LogP contribution is 1.87. The van der Waals surface area contributed by atoms with Crippen molar-refractivity contribution >= 4 is 27.8 Å². The molecule has 0 saturated carbocycles. The normalized spacial score (nSPS) is 6.17. The Balaban J connectivity index is 3.51. The minimum atomic E-state index is -0.252. The zero-order valence-corrected chi connectivity index (χ0v) is 4.16. The standard InChI is InChI=1S/C2Cl2N2/c3-2(4)6-1-5. The van der Waals surface area contributed by atoms with Gasteiger partial charge in [0.25, 0.3) is 0 Å². The van der Waals surface area contributed by atoms with Crippen molar-refractivity contribution in [3.63, 3.8) is 0 Å². The van der Waals surface area contributed by atoms with E-state index in [2.05, 4.69) is 4.99 Å². The fourth-order valence-electron chi connectivity index (χ4n) is 0.0378. The zero-order valence-electron chi connectivity index (χ0n) is 2.65. The number of hydrogen-bond donors (Lipinski definition) is 0. The molecular formula is C2Cl2N2. The molecule has 0 bridgehead atoms. The van der Waals surface area contributed by atoms with Crippen LogP contribution in [0.3, 0.4) is 0 Å². The van der Waals surface area contributed by atoms with Crippen LogP contribution in [0.2, 0.25) is 0 Å². The maximum atomic E-state index is 7.63. The third-order valence-corrected chi connectivity index (χ3v) is 0.304. The van der Waals surface area contributed by atoms with Crippen LogP contribution in [0.5, 0.6) is 0 Å². The first-order valence-electron chi connectivity index (χ1n) is 1.05. The summed E-state index contributed by atoms with van der Waals surface area (Å²) in [5.74, 6) is 0. The van der Waals surface area contributed by atoms with Crippen molar-refractivity contribution in [2.45, 2.75) is 0 Å². The van der Waals surface area contributed by atoms with Crippen molar-refractivity contribution in [1.82, 2.24) is 0 Å². The van der Waals surface area contributed by atoms with Crippen LogP contribution >= 0.6 is 23.2 Å². The molecule has 0 amide bonds. The summed E-state index contributed by atoms with van der Waals surface area (Å²) in [6.45, 7) is 0. The number of nitrogens with zero attached hydrogens (tertiary/aromatic N) is 2. The van der Waals surface area contributed by atoms with Gasteiger partial charge in [-0.05, 0) is 23.2 Å². The van der Waals surface area contributed by atoms with Gasteiger partial charge in [0.1, 0.15) is 0 Å². The predicted octanol–water partition coefficient (Wildman–Crippen LogP) is 1.30. The van der Waals surface area contributed by atoms with Gasteiger partial charge in [-0.25, -0.2) is 0 Å². The summed E-state index contributed by atoms with van der Waals surface area (Å²) in [5, 5.41) is 7.63. The lowest BCUT2D eigenvalue weighted by Gasteiger charge is -1.63. The Morgan fingerprint density at radius 1 is 1.67 bits per heavy atom. The van der Waals surface area contributed by atoms with Gasteiger partial charge in [0.15, 0.2) is 0 Å². The minimum absolute atomic E-state index is 0.252. The fraction of sp³-hybridized carbons (Fsp3) is 0. The Labute approximate surface area is 45.0 Å². The molecule has 32 valence electrons. The highest BCUT2D eigenvalue weighted by molar-refractivity contribution is 6.95. The molecule has 0 fully saturated rings. The number of hydrogen-bond acceptors (Lipinski definition) is 2. The lowest BCUT2D eigenvalue weighted by molar-refractivity contribution is 1.45. The number of rotatable bonds is 0. The van der Waals surface area contributed by atoms with Gasteiger partial charge < -0.3 is 0 Å². The molecule has 0 unspecified atom stereocenters. The molecule has 4 heteroatoms. The first-order chi connectivity index (χ1) is 2.77. The van der Waals surface area contributed by atoms with E-state index in [4.69, 9.17) is 28.5 Å². The van der Waals surface area contributed by atoms with Crippen LogP contribution in [0.1, 0.15) is 0 Å². The van der Waals surface area contributed by atoms with Crippen LogP contribution in [-0.4, -0.2) is 4.63 Å². The second kappa shape index (κ2) is 2.95. The zero-order chi connectivity index (χ0) is 4.99. The third-order valence-electron chi connectivity index (χ3n) is 0.135. The Hall–Kier alpha value is -0.260. The third kappa shape index (κ3) is 3.74. The predicted molar refractivity (Wildman–Crippen MR) is 24.8 cm³/mol. The summed E-state index contributed by atoms with van der Waals surface area (Å²) in [5.41, 5.74) is 0. The molecule has 0 aromatic carbocycles. The SMILES string of the molecule is N#CN=C(Cl)Cl. The van der Waals surface area contributed by atoms with E-state index in [1.165, 1.54) is 6.19 Å². The van der Waals surface area contributed by atoms with Gasteiger partial charge >= 0.3 is 0 Å². The molecular weight excluding hydrogens is 123 g/mol. The Morgan fingerprint density at radius 3 is 2.17 bits per heavy atom. The monoisotopic (exact) mass is 122 g/mol. The first-order valence-corrected chi connectivity index (χ1v) is 1.80. The summed E-state index contributed by atoms with van der Waals surface area (Å²) < 4.78 is -0.252. The van der Waals surface area contributed by atoms with Crippen LogP contribution in [0.4, 0.5) is 0 Å². The molecule has 0 saturated heterocycles. The van der Waals surface area contributed by atoms with E-state index >= 15 is 0 Å². The number of halogens is 2. The van der Waals surface area contributed by atoms with Crippen molar-refractivity contribution in [2.75, 3.05) is 0 Å². The molecule has 0 rings (SSSR count). The van der Waals surface area contributed by atoms with Crippen LogP contribution in [0.25, 0.3) is 0 Å². The van der Waals surface area contributed by atoms with Gasteiger partial charge in [-0.15, -0.1) is 4.99 Å². The average molecular weight is 123 g/mol. The summed E-state index contributed by atoms with van der Waals surface area (Å²) in [6.07, 6.45) is 1.39. The maximum absolute atomic E-state index is 7.63. The Bertz CT molecular complexity index is 96.6. The largest absolute Gasteiger partial charge is 0.208 e. The topological polar surface area (TPSA) is 36.1 Å². The van der Waals surface area contributed by atoms with Crippen LogP contribution < -0.4 is 0 Å². The minimum Gasteiger partial charge on any atom is -0.170 e. The van der Waals surface area contributed by atoms with Crippen molar-refractivity contribution in [3.8, 4) is 6.19 Å². The summed E-state index contributed by atoms with van der Waals surface area (Å²) in [6, 6.07) is 0. The van der Waals surface area contributed by atoms with E-state index in [1.807, 2.05) is 0 Å². The van der Waals surface area contributed by atoms with Crippen LogP contribution in [-0.2, 0) is 0 Å². The lowest BCUT2D eigenvalue weighted by Crippen LogP contribution is -1.61. The van der Waals surface area contributed by atoms with E-state index in [9.17, 15) is 0 Å². The van der Waals surface area contributed by atoms with Gasteiger partial charge in [0, 0.05) is 0 Å². The second-order valence-electron chi connectivity index (χ2n) is 0.452. The molecule has 0 aliphatic carbocycles. The van der Waals surface area contributed by atoms with Gasteiger partial charge in [0.05, 0.1) is 0 Å². The maximum Gasteiger partial charge on any atom is 0.208 e. The molecule has 0 N–H and O–H groups in total.